The summed E-state index contributed by atoms with van der Waals surface area (Å²) in [4.78, 5) is 64.1. The number of aryl methyl sites for hydroxylation is 1. The molecular weight excluding hydrogens is 805 g/mol. The number of aliphatic hydroxyl groups excluding tert-OH is 1. The molecule has 1 unspecified atom stereocenters. The van der Waals surface area contributed by atoms with Crippen LogP contribution in [0.1, 0.15) is 124 Å². The van der Waals surface area contributed by atoms with Crippen LogP contribution in [-0.4, -0.2) is 107 Å². The minimum absolute atomic E-state index is 0.0365. The van der Waals surface area contributed by atoms with E-state index in [2.05, 4.69) is 32.7 Å². The van der Waals surface area contributed by atoms with Crippen LogP contribution < -0.4 is 20.3 Å². The fraction of sp³-hybridized carbons (Fsp3) is 0.604. The van der Waals surface area contributed by atoms with Gasteiger partial charge in [0.05, 0.1) is 34.8 Å². The van der Waals surface area contributed by atoms with E-state index in [1.807, 2.05) is 97.3 Å². The number of β-amino-alcohol motifs (C(OH)–C–C–N with tert-alkyl or cyclic N) is 1. The lowest BCUT2D eigenvalue weighted by Crippen LogP contribution is -2.57. The number of aliphatic hydroxyl groups is 1. The van der Waals surface area contributed by atoms with E-state index in [9.17, 15) is 24.3 Å². The minimum atomic E-state index is -0.843. The van der Waals surface area contributed by atoms with Crippen molar-refractivity contribution in [2.75, 3.05) is 44.2 Å². The Bertz CT molecular complexity index is 1910. The molecule has 4 amide bonds. The molecule has 340 valence electrons. The molecule has 0 radical (unpaired) electrons. The smallest absolute Gasteiger partial charge is 0.410 e. The Balaban J connectivity index is 0.959. The summed E-state index contributed by atoms with van der Waals surface area (Å²) < 4.78 is 11.5. The number of nitrogens with zero attached hydrogens (tertiary/aromatic N) is 4. The molecule has 0 bridgehead atoms. The number of anilines is 1. The number of carbonyl (C=O) groups is 4. The molecule has 13 nitrogen and oxygen atoms in total. The van der Waals surface area contributed by atoms with Gasteiger partial charge in [-0.2, -0.15) is 0 Å². The Kier molecular flexibility index (Phi) is 17.2. The first-order valence-corrected chi connectivity index (χ1v) is 23.3. The summed E-state index contributed by atoms with van der Waals surface area (Å²) in [5, 5.41) is 16.7. The highest BCUT2D eigenvalue weighted by Gasteiger charge is 2.44. The summed E-state index contributed by atoms with van der Waals surface area (Å²) in [7, 11) is 0. The fourth-order valence-electron chi connectivity index (χ4n) is 7.94. The zero-order chi connectivity index (χ0) is 45.0. The molecule has 3 N–H and O–H groups in total. The van der Waals surface area contributed by atoms with Gasteiger partial charge in [-0.25, -0.2) is 9.78 Å². The van der Waals surface area contributed by atoms with E-state index in [1.54, 1.807) is 16.2 Å². The van der Waals surface area contributed by atoms with E-state index in [4.69, 9.17) is 9.47 Å². The highest BCUT2D eigenvalue weighted by atomic mass is 32.1. The molecule has 62 heavy (non-hydrogen) atoms. The van der Waals surface area contributed by atoms with Crippen molar-refractivity contribution >= 4 is 40.8 Å². The lowest BCUT2D eigenvalue weighted by Gasteiger charge is -2.36. The molecule has 4 atom stereocenters. The van der Waals surface area contributed by atoms with Crippen LogP contribution in [0.25, 0.3) is 10.4 Å². The van der Waals surface area contributed by atoms with Gasteiger partial charge in [0, 0.05) is 51.3 Å². The molecule has 2 fully saturated rings. The summed E-state index contributed by atoms with van der Waals surface area (Å²) in [5.74, 6) is -0.0148. The van der Waals surface area contributed by atoms with Crippen molar-refractivity contribution in [1.82, 2.24) is 25.4 Å². The van der Waals surface area contributed by atoms with Crippen LogP contribution in [0.3, 0.4) is 0 Å². The first-order valence-electron chi connectivity index (χ1n) is 22.4. The second-order valence-corrected chi connectivity index (χ2v) is 19.8. The van der Waals surface area contributed by atoms with Gasteiger partial charge in [0.15, 0.2) is 0 Å². The maximum Gasteiger partial charge on any atom is 0.410 e. The van der Waals surface area contributed by atoms with Crippen LogP contribution >= 0.6 is 11.3 Å². The van der Waals surface area contributed by atoms with E-state index in [0.717, 1.165) is 91.2 Å². The molecule has 3 aromatic rings. The van der Waals surface area contributed by atoms with E-state index < -0.39 is 29.2 Å². The van der Waals surface area contributed by atoms with Crippen LogP contribution in [0.15, 0.2) is 54.0 Å². The van der Waals surface area contributed by atoms with E-state index in [0.29, 0.717) is 26.1 Å². The Morgan fingerprint density at radius 2 is 1.48 bits per heavy atom. The van der Waals surface area contributed by atoms with Gasteiger partial charge in [0.1, 0.15) is 23.4 Å². The van der Waals surface area contributed by atoms with Gasteiger partial charge in [-0.05, 0) is 88.3 Å². The maximum absolute atomic E-state index is 14.0. The van der Waals surface area contributed by atoms with Gasteiger partial charge < -0.3 is 39.9 Å². The Morgan fingerprint density at radius 3 is 2.08 bits per heavy atom. The lowest BCUT2D eigenvalue weighted by molar-refractivity contribution is -0.144. The SMILES string of the molecule is Cc1ncsc1-c1ccc([C@H](C)NC(=O)[C@@H]2C[C@@H](O)CN2C(=O)C(NC(=O)CCCCCCCCCOc2ccc(N3CCN(C(=O)OC(C)(C)C)CC3)cc2)C(C)(C)C)cc1. The highest BCUT2D eigenvalue weighted by molar-refractivity contribution is 7.13. The lowest BCUT2D eigenvalue weighted by atomic mass is 9.85. The van der Waals surface area contributed by atoms with Crippen LogP contribution in [0.4, 0.5) is 10.5 Å². The van der Waals surface area contributed by atoms with Gasteiger partial charge in [-0.15, -0.1) is 11.3 Å². The quantitative estimate of drug-likeness (QED) is 0.108. The fourth-order valence-corrected chi connectivity index (χ4v) is 8.75. The summed E-state index contributed by atoms with van der Waals surface area (Å²) >= 11 is 1.59. The van der Waals surface area contributed by atoms with Crippen LogP contribution in [-0.2, 0) is 19.1 Å². The van der Waals surface area contributed by atoms with Crippen molar-refractivity contribution in [3.63, 3.8) is 0 Å². The third-order valence-electron chi connectivity index (χ3n) is 11.5. The van der Waals surface area contributed by atoms with Crippen LogP contribution in [0.5, 0.6) is 5.75 Å². The van der Waals surface area contributed by atoms with E-state index in [1.165, 1.54) is 4.90 Å². The molecule has 3 heterocycles. The van der Waals surface area contributed by atoms with Gasteiger partial charge in [-0.1, -0.05) is 77.1 Å². The number of thiazole rings is 1. The predicted octanol–water partition coefficient (Wildman–Crippen LogP) is 8.05. The molecule has 1 aromatic heterocycles. The topological polar surface area (TPSA) is 154 Å². The van der Waals surface area contributed by atoms with E-state index >= 15 is 0 Å². The standard InChI is InChI=1S/C48H70N6O7S/c1-33(35-17-19-36(20-18-35)42-34(2)49-32-62-42)50-44(57)40-30-38(55)31-54(40)45(58)43(47(3,4)5)51-41(56)16-14-12-10-9-11-13-15-29-60-39-23-21-37(22-24-39)52-25-27-53(28-26-52)46(59)61-48(6,7)8/h17-24,32-33,38,40,43,55H,9-16,25-31H2,1-8H3,(H,50,57)(H,51,56)/t33-,38+,40-,43?/m0/s1. The van der Waals surface area contributed by atoms with Crippen LogP contribution in [0.2, 0.25) is 0 Å². The van der Waals surface area contributed by atoms with Gasteiger partial charge >= 0.3 is 6.09 Å². The van der Waals surface area contributed by atoms with Crippen molar-refractivity contribution in [3.05, 3.63) is 65.3 Å². The minimum Gasteiger partial charge on any atom is -0.494 e. The average Bonchev–Trinajstić information content (AvgIpc) is 3.84. The molecule has 14 heteroatoms. The number of unbranched alkanes of at least 4 members (excludes halogenated alkanes) is 6. The number of ether oxygens (including phenoxy) is 2. The molecule has 0 aliphatic carbocycles. The molecule has 5 rings (SSSR count). The third kappa shape index (κ3) is 14.2. The van der Waals surface area contributed by atoms with Crippen molar-refractivity contribution in [2.45, 2.75) is 143 Å². The number of hydrogen-bond acceptors (Lipinski definition) is 10. The molecular formula is C48H70N6O7S. The average molecular weight is 875 g/mol. The van der Waals surface area contributed by atoms with Gasteiger partial charge in [0.25, 0.3) is 0 Å². The first-order chi connectivity index (χ1) is 29.4. The van der Waals surface area contributed by atoms with Crippen molar-refractivity contribution < 1.29 is 33.8 Å². The monoisotopic (exact) mass is 875 g/mol. The summed E-state index contributed by atoms with van der Waals surface area (Å²) in [5.41, 5.74) is 4.81. The number of hydrogen-bond donors (Lipinski definition) is 3. The van der Waals surface area contributed by atoms with Crippen molar-refractivity contribution in [3.8, 4) is 16.2 Å². The number of piperazine rings is 1. The number of nitrogens with one attached hydrogen (secondary N) is 2. The zero-order valence-electron chi connectivity index (χ0n) is 38.2. The summed E-state index contributed by atoms with van der Waals surface area (Å²) in [6, 6.07) is 14.2. The maximum atomic E-state index is 14.0. The largest absolute Gasteiger partial charge is 0.494 e. The first kappa shape index (κ1) is 48.3. The Hall–Kier alpha value is -4.69. The van der Waals surface area contributed by atoms with E-state index in [-0.39, 0.29) is 42.8 Å². The number of carbonyl (C=O) groups excluding carboxylic acids is 4. The summed E-state index contributed by atoms with van der Waals surface area (Å²) in [6.07, 6.45) is 6.27. The molecule has 2 aliphatic rings. The third-order valence-corrected chi connectivity index (χ3v) is 12.5. The van der Waals surface area contributed by atoms with Crippen molar-refractivity contribution in [2.24, 2.45) is 5.41 Å². The Morgan fingerprint density at radius 1 is 0.855 bits per heavy atom. The Labute approximate surface area is 372 Å². The number of rotatable bonds is 18. The molecule has 0 spiro atoms. The normalized spacial score (nSPS) is 18.0. The zero-order valence-corrected chi connectivity index (χ0v) is 39.0. The van der Waals surface area contributed by atoms with Gasteiger partial charge in [-0.3, -0.25) is 14.4 Å². The number of likely N-dealkylation sites (tertiary alicyclic amines) is 1. The second-order valence-electron chi connectivity index (χ2n) is 18.9. The molecule has 2 aromatic carbocycles. The summed E-state index contributed by atoms with van der Waals surface area (Å²) in [6.45, 7) is 18.7. The number of benzene rings is 2. The molecule has 2 saturated heterocycles. The second kappa shape index (κ2) is 22.1. The van der Waals surface area contributed by atoms with Gasteiger partial charge in [0.2, 0.25) is 17.7 Å². The number of amides is 4. The van der Waals surface area contributed by atoms with Crippen LogP contribution in [0, 0.1) is 12.3 Å². The number of aromatic nitrogens is 1. The molecule has 0 saturated carbocycles. The predicted molar refractivity (Wildman–Crippen MR) is 245 cm³/mol. The molecule has 2 aliphatic heterocycles. The highest BCUT2D eigenvalue weighted by Crippen LogP contribution is 2.30. The van der Waals surface area contributed by atoms with Crippen molar-refractivity contribution in [1.29, 1.82) is 0 Å².